The fourth-order valence-corrected chi connectivity index (χ4v) is 4.67. The van der Waals surface area contributed by atoms with Crippen molar-refractivity contribution in [1.29, 1.82) is 0 Å². The molecule has 2 aliphatic rings. The van der Waals surface area contributed by atoms with E-state index in [1.807, 2.05) is 43.6 Å². The van der Waals surface area contributed by atoms with Crippen LogP contribution in [0.25, 0.3) is 10.9 Å². The molecule has 0 spiro atoms. The number of carbonyl (C=O) groups is 1. The van der Waals surface area contributed by atoms with Gasteiger partial charge in [-0.2, -0.15) is 5.10 Å². The van der Waals surface area contributed by atoms with Gasteiger partial charge in [0.25, 0.3) is 5.91 Å². The quantitative estimate of drug-likeness (QED) is 0.457. The lowest BCUT2D eigenvalue weighted by Gasteiger charge is -2.24. The smallest absolute Gasteiger partial charge is 0.254 e. The third-order valence-corrected chi connectivity index (χ3v) is 6.59. The highest BCUT2D eigenvalue weighted by Gasteiger charge is 2.31. The Kier molecular flexibility index (Phi) is 4.94. The molecule has 0 bridgehead atoms. The van der Waals surface area contributed by atoms with Gasteiger partial charge in [-0.25, -0.2) is 4.98 Å². The predicted molar refractivity (Wildman–Crippen MR) is 131 cm³/mol. The van der Waals surface area contributed by atoms with E-state index in [0.29, 0.717) is 31.2 Å². The van der Waals surface area contributed by atoms with Gasteiger partial charge in [-0.3, -0.25) is 9.48 Å². The zero-order valence-electron chi connectivity index (χ0n) is 19.4. The first-order chi connectivity index (χ1) is 17.0. The van der Waals surface area contributed by atoms with Crippen molar-refractivity contribution in [3.05, 3.63) is 82.2 Å². The number of nitrogen functional groups attached to an aromatic ring is 1. The van der Waals surface area contributed by atoms with Gasteiger partial charge in [0.1, 0.15) is 18.2 Å². The van der Waals surface area contributed by atoms with Gasteiger partial charge in [0.2, 0.25) is 0 Å². The second-order valence-corrected chi connectivity index (χ2v) is 8.83. The van der Waals surface area contributed by atoms with E-state index in [1.165, 1.54) is 0 Å². The molecule has 8 nitrogen and oxygen atoms in total. The maximum Gasteiger partial charge on any atom is 0.254 e. The minimum Gasteiger partial charge on any atom is -0.491 e. The van der Waals surface area contributed by atoms with Crippen LogP contribution in [0.1, 0.15) is 44.2 Å². The number of aryl methyl sites for hydroxylation is 1. The maximum atomic E-state index is 13.4. The minimum atomic E-state index is -0.188. The summed E-state index contributed by atoms with van der Waals surface area (Å²) in [6.07, 6.45) is 3.60. The molecule has 1 unspecified atom stereocenters. The molecule has 6 rings (SSSR count). The molecular formula is C27H23N5O3. The number of hydrogen-bond acceptors (Lipinski definition) is 6. The first-order valence-electron chi connectivity index (χ1n) is 11.3. The normalized spacial score (nSPS) is 15.8. The van der Waals surface area contributed by atoms with E-state index >= 15 is 0 Å². The SMILES string of the molecule is CN(C(=O)c1ccc2nc(N)c3c(c2c1)COC3)C1COc2cc(C#Cc3cnn(C)c3)ccc21. The van der Waals surface area contributed by atoms with Gasteiger partial charge in [-0.1, -0.05) is 17.9 Å². The van der Waals surface area contributed by atoms with Gasteiger partial charge in [0.15, 0.2) is 0 Å². The summed E-state index contributed by atoms with van der Waals surface area (Å²) >= 11 is 0. The highest BCUT2D eigenvalue weighted by atomic mass is 16.5. The first kappa shape index (κ1) is 21.2. The maximum absolute atomic E-state index is 13.4. The van der Waals surface area contributed by atoms with Crippen molar-refractivity contribution in [1.82, 2.24) is 19.7 Å². The second kappa shape index (κ2) is 8.15. The Balaban J connectivity index is 1.26. The molecule has 2 aromatic heterocycles. The molecule has 174 valence electrons. The topological polar surface area (TPSA) is 95.5 Å². The van der Waals surface area contributed by atoms with Crippen molar-refractivity contribution in [2.75, 3.05) is 19.4 Å². The number of carbonyl (C=O) groups excluding carboxylic acids is 1. The molecule has 2 aliphatic heterocycles. The molecule has 0 aliphatic carbocycles. The number of benzene rings is 2. The summed E-state index contributed by atoms with van der Waals surface area (Å²) in [6.45, 7) is 1.32. The molecule has 0 saturated heterocycles. The van der Waals surface area contributed by atoms with Crippen LogP contribution in [0.5, 0.6) is 5.75 Å². The average molecular weight is 466 g/mol. The molecule has 4 heterocycles. The van der Waals surface area contributed by atoms with Crippen LogP contribution < -0.4 is 10.5 Å². The summed E-state index contributed by atoms with van der Waals surface area (Å²) in [4.78, 5) is 19.7. The van der Waals surface area contributed by atoms with E-state index in [0.717, 1.165) is 44.5 Å². The van der Waals surface area contributed by atoms with Crippen LogP contribution in [0.15, 0.2) is 48.8 Å². The van der Waals surface area contributed by atoms with Crippen LogP contribution in [0.3, 0.4) is 0 Å². The average Bonchev–Trinajstić information content (AvgIpc) is 3.61. The Bertz CT molecular complexity index is 1560. The lowest BCUT2D eigenvalue weighted by atomic mass is 10.0. The predicted octanol–water partition coefficient (Wildman–Crippen LogP) is 3.19. The third kappa shape index (κ3) is 3.66. The van der Waals surface area contributed by atoms with E-state index < -0.39 is 0 Å². The van der Waals surface area contributed by atoms with E-state index in [-0.39, 0.29) is 11.9 Å². The van der Waals surface area contributed by atoms with Crippen LogP contribution in [-0.4, -0.2) is 39.2 Å². The summed E-state index contributed by atoms with van der Waals surface area (Å²) in [5.41, 5.74) is 12.0. The molecular weight excluding hydrogens is 442 g/mol. The molecule has 0 fully saturated rings. The largest absolute Gasteiger partial charge is 0.491 e. The van der Waals surface area contributed by atoms with E-state index in [2.05, 4.69) is 21.9 Å². The number of nitrogens with zero attached hydrogens (tertiary/aromatic N) is 4. The van der Waals surface area contributed by atoms with Crippen LogP contribution in [0.4, 0.5) is 5.82 Å². The number of aromatic nitrogens is 3. The number of hydrogen-bond donors (Lipinski definition) is 1. The third-order valence-electron chi connectivity index (χ3n) is 6.59. The van der Waals surface area contributed by atoms with Gasteiger partial charge in [0, 0.05) is 47.9 Å². The van der Waals surface area contributed by atoms with Gasteiger partial charge in [-0.05, 0) is 35.9 Å². The van der Waals surface area contributed by atoms with E-state index in [1.54, 1.807) is 28.9 Å². The Morgan fingerprint density at radius 2 is 1.97 bits per heavy atom. The Hall–Kier alpha value is -4.35. The molecule has 1 atom stereocenters. The highest BCUT2D eigenvalue weighted by molar-refractivity contribution is 5.99. The monoisotopic (exact) mass is 465 g/mol. The zero-order chi connectivity index (χ0) is 24.1. The number of ether oxygens (including phenoxy) is 2. The van der Waals surface area contributed by atoms with Crippen molar-refractivity contribution >= 4 is 22.6 Å². The molecule has 1 amide bonds. The number of likely N-dealkylation sites (N-methyl/N-ethyl adjacent to an activating group) is 1. The van der Waals surface area contributed by atoms with Crippen molar-refractivity contribution in [3.8, 4) is 17.6 Å². The fourth-order valence-electron chi connectivity index (χ4n) is 4.67. The summed E-state index contributed by atoms with van der Waals surface area (Å²) in [5, 5.41) is 5.04. The van der Waals surface area contributed by atoms with Crippen molar-refractivity contribution in [3.63, 3.8) is 0 Å². The summed E-state index contributed by atoms with van der Waals surface area (Å²) < 4.78 is 13.2. The standard InChI is InChI=1S/C27H23N5O3/c1-31-12-17(11-29-31)4-3-16-5-7-19-24(15-35-25(19)9-16)32(2)27(33)18-6-8-23-20(10-18)21-13-34-14-22(21)26(28)30-23/h5-12,24H,13-15H2,1-2H3,(H2,28,30). The number of pyridine rings is 1. The highest BCUT2D eigenvalue weighted by Crippen LogP contribution is 2.37. The minimum absolute atomic E-state index is 0.0849. The fraction of sp³-hybridized carbons (Fsp3) is 0.222. The van der Waals surface area contributed by atoms with Crippen LogP contribution in [0.2, 0.25) is 0 Å². The summed E-state index contributed by atoms with van der Waals surface area (Å²) in [6, 6.07) is 11.2. The Morgan fingerprint density at radius 1 is 1.14 bits per heavy atom. The van der Waals surface area contributed by atoms with Gasteiger partial charge < -0.3 is 20.1 Å². The van der Waals surface area contributed by atoms with Gasteiger partial charge in [0.05, 0.1) is 36.5 Å². The molecule has 4 aromatic rings. The second-order valence-electron chi connectivity index (χ2n) is 8.83. The van der Waals surface area contributed by atoms with Gasteiger partial charge >= 0.3 is 0 Å². The van der Waals surface area contributed by atoms with Crippen molar-refractivity contribution < 1.29 is 14.3 Å². The van der Waals surface area contributed by atoms with Crippen molar-refractivity contribution in [2.45, 2.75) is 19.3 Å². The van der Waals surface area contributed by atoms with Crippen molar-refractivity contribution in [2.24, 2.45) is 7.05 Å². The van der Waals surface area contributed by atoms with Gasteiger partial charge in [-0.15, -0.1) is 0 Å². The number of fused-ring (bicyclic) bond motifs is 4. The first-order valence-corrected chi connectivity index (χ1v) is 11.3. The van der Waals surface area contributed by atoms with Crippen LogP contribution in [0, 0.1) is 11.8 Å². The lowest BCUT2D eigenvalue weighted by Crippen LogP contribution is -2.32. The summed E-state index contributed by atoms with van der Waals surface area (Å²) in [7, 11) is 3.67. The molecule has 2 N–H and O–H groups in total. The molecule has 8 heteroatoms. The van der Waals surface area contributed by atoms with Crippen LogP contribution in [-0.2, 0) is 25.0 Å². The molecule has 35 heavy (non-hydrogen) atoms. The summed E-state index contributed by atoms with van der Waals surface area (Å²) in [5.74, 6) is 7.41. The number of amides is 1. The molecule has 0 saturated carbocycles. The molecule has 2 aromatic carbocycles. The zero-order valence-corrected chi connectivity index (χ0v) is 19.4. The van der Waals surface area contributed by atoms with Crippen LogP contribution >= 0.6 is 0 Å². The Labute approximate surface area is 202 Å². The number of rotatable bonds is 2. The molecule has 0 radical (unpaired) electrons. The Morgan fingerprint density at radius 3 is 2.80 bits per heavy atom. The van der Waals surface area contributed by atoms with E-state index in [4.69, 9.17) is 15.2 Å². The number of nitrogens with two attached hydrogens (primary N) is 1. The number of anilines is 1. The lowest BCUT2D eigenvalue weighted by molar-refractivity contribution is 0.0708. The van der Waals surface area contributed by atoms with E-state index in [9.17, 15) is 4.79 Å².